The molecule has 1 aliphatic heterocycles. The van der Waals surface area contributed by atoms with E-state index in [9.17, 15) is 0 Å². The zero-order chi connectivity index (χ0) is 11.7. The third-order valence-corrected chi connectivity index (χ3v) is 13.5. The summed E-state index contributed by atoms with van der Waals surface area (Å²) in [5.41, 5.74) is 0. The highest BCUT2D eigenvalue weighted by molar-refractivity contribution is 7.97. The van der Waals surface area contributed by atoms with Crippen molar-refractivity contribution < 1.29 is 0 Å². The van der Waals surface area contributed by atoms with Gasteiger partial charge in [0, 0.05) is 13.1 Å². The second-order valence-corrected chi connectivity index (χ2v) is 18.1. The van der Waals surface area contributed by atoms with E-state index in [-0.39, 0.29) is 0 Å². The van der Waals surface area contributed by atoms with Crippen LogP contribution in [0.25, 0.3) is 0 Å². The number of nitrogens with zero attached hydrogens (tertiary/aromatic N) is 2. The summed E-state index contributed by atoms with van der Waals surface area (Å²) in [4.78, 5) is 0. The Kier molecular flexibility index (Phi) is 4.51. The van der Waals surface area contributed by atoms with Crippen LogP contribution >= 0.6 is 12.1 Å². The highest BCUT2D eigenvalue weighted by Gasteiger charge is 2.36. The second kappa shape index (κ2) is 4.91. The van der Waals surface area contributed by atoms with Gasteiger partial charge in [-0.2, -0.15) is 0 Å². The Morgan fingerprint density at radius 1 is 0.867 bits per heavy atom. The first-order chi connectivity index (χ1) is 6.71. The first-order valence-electron chi connectivity index (χ1n) is 5.94. The molecule has 0 radical (unpaired) electrons. The maximum absolute atomic E-state index is 2.80. The molecule has 0 saturated carbocycles. The molecule has 1 saturated heterocycles. The van der Waals surface area contributed by atoms with Crippen molar-refractivity contribution in [2.24, 2.45) is 0 Å². The smallest absolute Gasteiger partial charge is 0.125 e. The van der Waals surface area contributed by atoms with Crippen LogP contribution in [0.1, 0.15) is 12.8 Å². The van der Waals surface area contributed by atoms with Gasteiger partial charge < -0.3 is 0 Å². The molecule has 0 aromatic carbocycles. The van der Waals surface area contributed by atoms with Crippen molar-refractivity contribution >= 4 is 28.6 Å². The Balaban J connectivity index is 2.65. The molecule has 0 aromatic rings. The van der Waals surface area contributed by atoms with Crippen LogP contribution in [0.15, 0.2) is 0 Å². The molecule has 15 heavy (non-hydrogen) atoms. The van der Waals surface area contributed by atoms with Crippen molar-refractivity contribution in [1.29, 1.82) is 0 Å². The normalized spacial score (nSPS) is 20.2. The van der Waals surface area contributed by atoms with Gasteiger partial charge in [0.05, 0.1) is 0 Å². The zero-order valence-electron chi connectivity index (χ0n) is 11.1. The van der Waals surface area contributed by atoms with Gasteiger partial charge in [0.25, 0.3) is 0 Å². The molecule has 0 N–H and O–H groups in total. The van der Waals surface area contributed by atoms with Crippen molar-refractivity contribution in [2.45, 2.75) is 52.1 Å². The predicted octanol–water partition coefficient (Wildman–Crippen LogP) is 3.62. The summed E-state index contributed by atoms with van der Waals surface area (Å²) in [6.45, 7) is 17.4. The van der Waals surface area contributed by atoms with Crippen molar-refractivity contribution in [1.82, 2.24) is 7.94 Å². The van der Waals surface area contributed by atoms with E-state index in [1.54, 1.807) is 0 Å². The van der Waals surface area contributed by atoms with Gasteiger partial charge in [0.15, 0.2) is 0 Å². The summed E-state index contributed by atoms with van der Waals surface area (Å²) < 4.78 is 5.36. The van der Waals surface area contributed by atoms with E-state index in [1.165, 1.54) is 25.9 Å². The van der Waals surface area contributed by atoms with Gasteiger partial charge in [-0.25, -0.2) is 4.31 Å². The van der Waals surface area contributed by atoms with E-state index in [1.807, 2.05) is 0 Å². The molecule has 0 aliphatic carbocycles. The molecule has 0 unspecified atom stereocenters. The lowest BCUT2D eigenvalue weighted by molar-refractivity contribution is 0.575. The number of rotatable bonds is 4. The molecular formula is C10H26N2SSi2. The lowest BCUT2D eigenvalue weighted by Crippen LogP contribution is -2.56. The number of hydrogen-bond acceptors (Lipinski definition) is 3. The van der Waals surface area contributed by atoms with Gasteiger partial charge >= 0.3 is 0 Å². The van der Waals surface area contributed by atoms with Crippen LogP contribution in [0.3, 0.4) is 0 Å². The van der Waals surface area contributed by atoms with Gasteiger partial charge in [-0.3, -0.25) is 3.64 Å². The fraction of sp³-hybridized carbons (Fsp3) is 1.00. The summed E-state index contributed by atoms with van der Waals surface area (Å²) in [6.07, 6.45) is 2.77. The molecule has 2 nitrogen and oxygen atoms in total. The monoisotopic (exact) mass is 262 g/mol. The Morgan fingerprint density at radius 2 is 1.27 bits per heavy atom. The summed E-state index contributed by atoms with van der Waals surface area (Å²) in [5.74, 6) is 0. The topological polar surface area (TPSA) is 6.48 Å². The standard InChI is InChI=1S/C10H26N2SSi2/c1-14(2,3)12(15(4,5)6)13-11-9-7-8-10-11/h7-10H2,1-6H3. The number of hydrogen-bond donors (Lipinski definition) is 0. The summed E-state index contributed by atoms with van der Waals surface area (Å²) in [5, 5.41) is 0. The van der Waals surface area contributed by atoms with Gasteiger partial charge in [-0.05, 0) is 25.0 Å². The van der Waals surface area contributed by atoms with Crippen LogP contribution in [0.4, 0.5) is 0 Å². The van der Waals surface area contributed by atoms with Crippen LogP contribution in [-0.4, -0.2) is 37.5 Å². The molecule has 0 atom stereocenters. The van der Waals surface area contributed by atoms with Crippen molar-refractivity contribution in [3.8, 4) is 0 Å². The van der Waals surface area contributed by atoms with Gasteiger partial charge in [0.2, 0.25) is 0 Å². The Labute approximate surface area is 102 Å². The van der Waals surface area contributed by atoms with E-state index < -0.39 is 16.5 Å². The zero-order valence-corrected chi connectivity index (χ0v) is 13.9. The molecule has 1 fully saturated rings. The van der Waals surface area contributed by atoms with Crippen LogP contribution in [-0.2, 0) is 0 Å². The maximum Gasteiger partial charge on any atom is 0.125 e. The fourth-order valence-corrected chi connectivity index (χ4v) is 13.5. The highest BCUT2D eigenvalue weighted by atomic mass is 32.2. The molecule has 5 heteroatoms. The van der Waals surface area contributed by atoms with Crippen LogP contribution in [0.5, 0.6) is 0 Å². The minimum absolute atomic E-state index is 1.17. The molecule has 0 bridgehead atoms. The van der Waals surface area contributed by atoms with E-state index >= 15 is 0 Å². The molecule has 0 amide bonds. The Hall–Kier alpha value is 0.704. The molecule has 1 aliphatic rings. The van der Waals surface area contributed by atoms with Crippen LogP contribution in [0, 0.1) is 0 Å². The molecule has 0 aromatic heterocycles. The Morgan fingerprint density at radius 3 is 1.60 bits per heavy atom. The summed E-state index contributed by atoms with van der Waals surface area (Å²) in [7, 11) is -2.35. The Bertz CT molecular complexity index is 190. The third kappa shape index (κ3) is 4.22. The highest BCUT2D eigenvalue weighted by Crippen LogP contribution is 2.32. The lowest BCUT2D eigenvalue weighted by atomic mass is 10.4. The first-order valence-corrected chi connectivity index (χ1v) is 13.6. The molecule has 90 valence electrons. The minimum Gasteiger partial charge on any atom is -0.280 e. The minimum atomic E-state index is -1.17. The summed E-state index contributed by atoms with van der Waals surface area (Å²) >= 11 is 2.06. The van der Waals surface area contributed by atoms with Crippen molar-refractivity contribution in [3.05, 3.63) is 0 Å². The van der Waals surface area contributed by atoms with Crippen LogP contribution in [0.2, 0.25) is 39.3 Å². The van der Waals surface area contributed by atoms with Gasteiger partial charge in [-0.1, -0.05) is 39.3 Å². The van der Waals surface area contributed by atoms with Crippen molar-refractivity contribution in [2.75, 3.05) is 13.1 Å². The second-order valence-electron chi connectivity index (χ2n) is 6.35. The summed E-state index contributed by atoms with van der Waals surface area (Å²) in [6, 6.07) is 0. The molecular weight excluding hydrogens is 236 g/mol. The molecule has 0 spiro atoms. The fourth-order valence-electron chi connectivity index (χ4n) is 2.14. The third-order valence-electron chi connectivity index (χ3n) is 2.48. The maximum atomic E-state index is 2.80. The average Bonchev–Trinajstić information content (AvgIpc) is 2.46. The predicted molar refractivity (Wildman–Crippen MR) is 76.9 cm³/mol. The SMILES string of the molecule is C[Si](C)(C)N(SN1CCCC1)[Si](C)(C)C. The van der Waals surface area contributed by atoms with Gasteiger partial charge in [0.1, 0.15) is 16.5 Å². The van der Waals surface area contributed by atoms with Gasteiger partial charge in [-0.15, -0.1) is 0 Å². The molecule has 1 rings (SSSR count). The van der Waals surface area contributed by atoms with E-state index in [2.05, 4.69) is 59.4 Å². The molecule has 1 heterocycles. The van der Waals surface area contributed by atoms with Crippen LogP contribution < -0.4 is 0 Å². The quantitative estimate of drug-likeness (QED) is 0.564. The lowest BCUT2D eigenvalue weighted by Gasteiger charge is -2.43. The van der Waals surface area contributed by atoms with E-state index in [0.29, 0.717) is 0 Å². The largest absolute Gasteiger partial charge is 0.280 e. The van der Waals surface area contributed by atoms with E-state index in [0.717, 1.165) is 0 Å². The van der Waals surface area contributed by atoms with E-state index in [4.69, 9.17) is 0 Å². The van der Waals surface area contributed by atoms with Crippen molar-refractivity contribution in [3.63, 3.8) is 0 Å². The first kappa shape index (κ1) is 13.8. The average molecular weight is 263 g/mol.